The van der Waals surface area contributed by atoms with Crippen LogP contribution in [-0.4, -0.2) is 26.4 Å². The standard InChI is InChI=1S/C26H36O2/c1-2-23-19-26(20-23,21-27-17-9-15-24-11-5-3-6-12-24)22-28-18-10-16-25-13-7-4-8-14-25/h3-8,11-14,23H,2,9-10,15-22H2,1H3. The molecule has 0 N–H and O–H groups in total. The molecular formula is C26H36O2. The predicted molar refractivity (Wildman–Crippen MR) is 117 cm³/mol. The maximum absolute atomic E-state index is 6.10. The molecule has 0 aromatic heterocycles. The molecule has 2 heteroatoms. The van der Waals surface area contributed by atoms with Crippen LogP contribution in [0.2, 0.25) is 0 Å². The average Bonchev–Trinajstić information content (AvgIpc) is 2.72. The van der Waals surface area contributed by atoms with Gasteiger partial charge in [-0.2, -0.15) is 0 Å². The predicted octanol–water partition coefficient (Wildman–Crippen LogP) is 6.09. The van der Waals surface area contributed by atoms with Crippen molar-refractivity contribution in [2.24, 2.45) is 11.3 Å². The summed E-state index contributed by atoms with van der Waals surface area (Å²) < 4.78 is 12.2. The highest BCUT2D eigenvalue weighted by Gasteiger charge is 2.43. The second-order valence-corrected chi connectivity index (χ2v) is 8.47. The Morgan fingerprint density at radius 1 is 0.750 bits per heavy atom. The molecule has 2 aromatic rings. The van der Waals surface area contributed by atoms with Crippen molar-refractivity contribution in [2.45, 2.75) is 51.9 Å². The van der Waals surface area contributed by atoms with Crippen LogP contribution in [0.1, 0.15) is 50.2 Å². The Morgan fingerprint density at radius 3 is 1.64 bits per heavy atom. The van der Waals surface area contributed by atoms with E-state index in [0.717, 1.165) is 58.0 Å². The molecule has 0 atom stereocenters. The molecule has 0 bridgehead atoms. The molecule has 1 aliphatic rings. The normalized spacial score (nSPS) is 16.0. The lowest BCUT2D eigenvalue weighted by atomic mass is 9.62. The van der Waals surface area contributed by atoms with Crippen LogP contribution in [0.5, 0.6) is 0 Å². The molecule has 3 rings (SSSR count). The summed E-state index contributed by atoms with van der Waals surface area (Å²) >= 11 is 0. The Bertz CT molecular complexity index is 595. The van der Waals surface area contributed by atoms with Gasteiger partial charge in [0, 0.05) is 18.6 Å². The van der Waals surface area contributed by atoms with Crippen molar-refractivity contribution in [1.29, 1.82) is 0 Å². The fraction of sp³-hybridized carbons (Fsp3) is 0.538. The average molecular weight is 381 g/mol. The Labute approximate surface area is 171 Å². The molecule has 28 heavy (non-hydrogen) atoms. The molecule has 2 nitrogen and oxygen atoms in total. The zero-order valence-electron chi connectivity index (χ0n) is 17.4. The van der Waals surface area contributed by atoms with Crippen molar-refractivity contribution in [3.8, 4) is 0 Å². The van der Waals surface area contributed by atoms with Crippen molar-refractivity contribution in [2.75, 3.05) is 26.4 Å². The lowest BCUT2D eigenvalue weighted by Gasteiger charge is -2.47. The highest BCUT2D eigenvalue weighted by molar-refractivity contribution is 5.15. The summed E-state index contributed by atoms with van der Waals surface area (Å²) in [5.41, 5.74) is 3.06. The Hall–Kier alpha value is -1.64. The van der Waals surface area contributed by atoms with Crippen molar-refractivity contribution >= 4 is 0 Å². The third-order valence-corrected chi connectivity index (χ3v) is 6.03. The van der Waals surface area contributed by atoms with Crippen LogP contribution in [-0.2, 0) is 22.3 Å². The van der Waals surface area contributed by atoms with Crippen molar-refractivity contribution < 1.29 is 9.47 Å². The lowest BCUT2D eigenvalue weighted by molar-refractivity contribution is -0.0938. The monoisotopic (exact) mass is 380 g/mol. The maximum atomic E-state index is 6.10. The van der Waals surface area contributed by atoms with Crippen molar-refractivity contribution in [3.05, 3.63) is 71.8 Å². The van der Waals surface area contributed by atoms with E-state index in [1.54, 1.807) is 0 Å². The van der Waals surface area contributed by atoms with Gasteiger partial charge in [0.1, 0.15) is 0 Å². The minimum Gasteiger partial charge on any atom is -0.381 e. The van der Waals surface area contributed by atoms with Crippen LogP contribution in [0.4, 0.5) is 0 Å². The molecule has 0 aliphatic heterocycles. The summed E-state index contributed by atoms with van der Waals surface area (Å²) in [5.74, 6) is 0.862. The zero-order chi connectivity index (χ0) is 19.5. The van der Waals surface area contributed by atoms with E-state index in [0.29, 0.717) is 0 Å². The van der Waals surface area contributed by atoms with Gasteiger partial charge in [-0.3, -0.25) is 0 Å². The Balaban J connectivity index is 1.31. The minimum absolute atomic E-state index is 0.264. The first-order valence-electron chi connectivity index (χ1n) is 11.0. The van der Waals surface area contributed by atoms with Crippen LogP contribution < -0.4 is 0 Å². The van der Waals surface area contributed by atoms with Crippen LogP contribution in [0.3, 0.4) is 0 Å². The number of rotatable bonds is 13. The largest absolute Gasteiger partial charge is 0.381 e. The fourth-order valence-electron chi connectivity index (χ4n) is 4.35. The summed E-state index contributed by atoms with van der Waals surface area (Å²) in [7, 11) is 0. The highest BCUT2D eigenvalue weighted by Crippen LogP contribution is 2.47. The number of ether oxygens (including phenoxy) is 2. The molecule has 0 amide bonds. The topological polar surface area (TPSA) is 18.5 Å². The Morgan fingerprint density at radius 2 is 1.21 bits per heavy atom. The number of hydrogen-bond acceptors (Lipinski definition) is 2. The molecule has 0 unspecified atom stereocenters. The van der Waals surface area contributed by atoms with Gasteiger partial charge in [0.25, 0.3) is 0 Å². The second-order valence-electron chi connectivity index (χ2n) is 8.47. The second kappa shape index (κ2) is 11.4. The van der Waals surface area contributed by atoms with E-state index in [4.69, 9.17) is 9.47 Å². The van der Waals surface area contributed by atoms with Crippen LogP contribution in [0.15, 0.2) is 60.7 Å². The van der Waals surface area contributed by atoms with Gasteiger partial charge < -0.3 is 9.47 Å². The first-order valence-corrected chi connectivity index (χ1v) is 11.0. The van der Waals surface area contributed by atoms with Crippen LogP contribution >= 0.6 is 0 Å². The van der Waals surface area contributed by atoms with Crippen LogP contribution in [0, 0.1) is 11.3 Å². The van der Waals surface area contributed by atoms with E-state index in [1.165, 1.54) is 30.4 Å². The molecule has 0 saturated heterocycles. The van der Waals surface area contributed by atoms with Gasteiger partial charge in [0.15, 0.2) is 0 Å². The first-order chi connectivity index (χ1) is 13.8. The van der Waals surface area contributed by atoms with Gasteiger partial charge in [-0.1, -0.05) is 74.0 Å². The number of aryl methyl sites for hydroxylation is 2. The van der Waals surface area contributed by atoms with E-state index >= 15 is 0 Å². The molecule has 0 spiro atoms. The van der Waals surface area contributed by atoms with E-state index in [9.17, 15) is 0 Å². The molecule has 1 aliphatic carbocycles. The van der Waals surface area contributed by atoms with Gasteiger partial charge in [0.05, 0.1) is 13.2 Å². The van der Waals surface area contributed by atoms with Crippen molar-refractivity contribution in [1.82, 2.24) is 0 Å². The molecule has 0 heterocycles. The van der Waals surface area contributed by atoms with Crippen molar-refractivity contribution in [3.63, 3.8) is 0 Å². The van der Waals surface area contributed by atoms with E-state index in [-0.39, 0.29) is 5.41 Å². The molecule has 1 fully saturated rings. The van der Waals surface area contributed by atoms with Gasteiger partial charge >= 0.3 is 0 Å². The highest BCUT2D eigenvalue weighted by atomic mass is 16.5. The molecule has 0 radical (unpaired) electrons. The maximum Gasteiger partial charge on any atom is 0.0544 e. The van der Waals surface area contributed by atoms with Crippen LogP contribution in [0.25, 0.3) is 0 Å². The summed E-state index contributed by atoms with van der Waals surface area (Å²) in [6, 6.07) is 21.4. The number of benzene rings is 2. The van der Waals surface area contributed by atoms with E-state index in [1.807, 2.05) is 0 Å². The SMILES string of the molecule is CCC1CC(COCCCc2ccccc2)(COCCCc2ccccc2)C1. The summed E-state index contributed by atoms with van der Waals surface area (Å²) in [4.78, 5) is 0. The molecular weight excluding hydrogens is 344 g/mol. The summed E-state index contributed by atoms with van der Waals surface area (Å²) in [6.07, 6.45) is 8.19. The lowest BCUT2D eigenvalue weighted by Crippen LogP contribution is -2.44. The molecule has 2 aromatic carbocycles. The Kier molecular flexibility index (Phi) is 8.57. The summed E-state index contributed by atoms with van der Waals surface area (Å²) in [6.45, 7) is 5.72. The molecule has 1 saturated carbocycles. The first kappa shape index (κ1) is 21.1. The summed E-state index contributed by atoms with van der Waals surface area (Å²) in [5, 5.41) is 0. The zero-order valence-corrected chi connectivity index (χ0v) is 17.4. The van der Waals surface area contributed by atoms with Gasteiger partial charge in [-0.25, -0.2) is 0 Å². The molecule has 152 valence electrons. The fourth-order valence-corrected chi connectivity index (χ4v) is 4.35. The quantitative estimate of drug-likeness (QED) is 0.391. The number of hydrogen-bond donors (Lipinski definition) is 0. The minimum atomic E-state index is 0.264. The van der Waals surface area contributed by atoms with Gasteiger partial charge in [-0.05, 0) is 55.6 Å². The third kappa shape index (κ3) is 6.76. The van der Waals surface area contributed by atoms with Gasteiger partial charge in [-0.15, -0.1) is 0 Å². The van der Waals surface area contributed by atoms with Gasteiger partial charge in [0.2, 0.25) is 0 Å². The third-order valence-electron chi connectivity index (χ3n) is 6.03. The van der Waals surface area contributed by atoms with E-state index in [2.05, 4.69) is 67.6 Å². The smallest absolute Gasteiger partial charge is 0.0544 e. The van der Waals surface area contributed by atoms with E-state index < -0.39 is 0 Å².